The maximum absolute atomic E-state index is 13.1. The third-order valence-electron chi connectivity index (χ3n) is 4.38. The van der Waals surface area contributed by atoms with Crippen LogP contribution in [0.5, 0.6) is 0 Å². The van der Waals surface area contributed by atoms with Gasteiger partial charge < -0.3 is 5.73 Å². The molecule has 3 rings (SSSR count). The zero-order valence-corrected chi connectivity index (χ0v) is 17.9. The highest BCUT2D eigenvalue weighted by Gasteiger charge is 2.16. The molecule has 0 saturated carbocycles. The van der Waals surface area contributed by atoms with Gasteiger partial charge in [0.2, 0.25) is 10.0 Å². The summed E-state index contributed by atoms with van der Waals surface area (Å²) in [4.78, 5) is 0. The molecule has 0 fully saturated rings. The molecule has 0 bridgehead atoms. The van der Waals surface area contributed by atoms with Crippen LogP contribution in [0, 0.1) is 17.1 Å². The van der Waals surface area contributed by atoms with Crippen molar-refractivity contribution in [2.45, 2.75) is 12.8 Å². The summed E-state index contributed by atoms with van der Waals surface area (Å²) >= 11 is 5.81. The van der Waals surface area contributed by atoms with Crippen molar-refractivity contribution < 1.29 is 12.8 Å². The molecule has 0 spiro atoms. The maximum Gasteiger partial charge on any atom is 0.233 e. The number of halogens is 2. The van der Waals surface area contributed by atoms with Crippen molar-refractivity contribution >= 4 is 33.5 Å². The van der Waals surface area contributed by atoms with Gasteiger partial charge in [-0.15, -0.1) is 0 Å². The zero-order valence-electron chi connectivity index (χ0n) is 16.3. The van der Waals surface area contributed by atoms with Gasteiger partial charge in [0.25, 0.3) is 0 Å². The molecular formula is C21H19ClFN5O2S. The third-order valence-corrected chi connectivity index (χ3v) is 5.73. The lowest BCUT2D eigenvalue weighted by Gasteiger charge is -2.03. The van der Waals surface area contributed by atoms with E-state index in [4.69, 9.17) is 17.3 Å². The molecule has 0 radical (unpaired) electrons. The normalized spacial score (nSPS) is 11.6. The number of sulfonamides is 1. The fourth-order valence-corrected chi connectivity index (χ4v) is 3.80. The second-order valence-electron chi connectivity index (χ2n) is 6.60. The Morgan fingerprint density at radius 1 is 1.19 bits per heavy atom. The van der Waals surface area contributed by atoms with Crippen LogP contribution in [0.2, 0.25) is 5.02 Å². The van der Waals surface area contributed by atoms with E-state index in [1.165, 1.54) is 35.0 Å². The minimum Gasteiger partial charge on any atom is -0.382 e. The molecule has 0 aliphatic carbocycles. The molecule has 31 heavy (non-hydrogen) atoms. The number of nitrogens with two attached hydrogens (primary N) is 1. The highest BCUT2D eigenvalue weighted by molar-refractivity contribution is 7.92. The monoisotopic (exact) mass is 459 g/mol. The number of hydrogen-bond donors (Lipinski definition) is 2. The second-order valence-corrected chi connectivity index (χ2v) is 8.69. The number of benzene rings is 2. The molecule has 0 saturated heterocycles. The molecule has 0 unspecified atom stereocenters. The molecule has 0 amide bonds. The lowest BCUT2D eigenvalue weighted by Crippen LogP contribution is -2.22. The van der Waals surface area contributed by atoms with E-state index in [1.54, 1.807) is 24.3 Å². The van der Waals surface area contributed by atoms with Crippen LogP contribution in [0.15, 0.2) is 53.9 Å². The van der Waals surface area contributed by atoms with Gasteiger partial charge in [0.15, 0.2) is 0 Å². The topological polar surface area (TPSA) is 114 Å². The van der Waals surface area contributed by atoms with Gasteiger partial charge in [-0.25, -0.2) is 22.2 Å². The zero-order chi connectivity index (χ0) is 22.4. The van der Waals surface area contributed by atoms with Crippen molar-refractivity contribution in [1.29, 1.82) is 5.26 Å². The molecule has 3 aromatic rings. The van der Waals surface area contributed by atoms with Crippen LogP contribution in [0.3, 0.4) is 0 Å². The average molecular weight is 460 g/mol. The Balaban J connectivity index is 1.61. The average Bonchev–Trinajstić information content (AvgIpc) is 3.06. The quantitative estimate of drug-likeness (QED) is 0.499. The Hall–Kier alpha value is -3.19. The minimum atomic E-state index is -3.62. The standard InChI is InChI=1S/C21H19ClFN5O2S/c22-16-5-3-15(4-6-16)11-13-31(29,30)26-12-1-2-20-19(14-24)21(25)28(27-20)18-9-7-17(23)8-10-18/h3-11,13,26H,1-2,12,25H2/b13-11+. The van der Waals surface area contributed by atoms with Crippen molar-refractivity contribution in [3.05, 3.63) is 81.6 Å². The molecule has 0 aliphatic rings. The van der Waals surface area contributed by atoms with E-state index in [0.29, 0.717) is 34.8 Å². The van der Waals surface area contributed by atoms with E-state index in [9.17, 15) is 18.1 Å². The summed E-state index contributed by atoms with van der Waals surface area (Å²) in [6.45, 7) is 0.154. The first kappa shape index (κ1) is 22.5. The van der Waals surface area contributed by atoms with Gasteiger partial charge in [-0.05, 0) is 60.9 Å². The van der Waals surface area contributed by atoms with E-state index >= 15 is 0 Å². The van der Waals surface area contributed by atoms with Crippen molar-refractivity contribution in [2.75, 3.05) is 12.3 Å². The molecule has 0 aliphatic heterocycles. The highest BCUT2D eigenvalue weighted by Crippen LogP contribution is 2.21. The molecule has 1 heterocycles. The molecule has 3 N–H and O–H groups in total. The highest BCUT2D eigenvalue weighted by atomic mass is 35.5. The minimum absolute atomic E-state index is 0.149. The van der Waals surface area contributed by atoms with E-state index in [-0.39, 0.29) is 17.9 Å². The first-order valence-electron chi connectivity index (χ1n) is 9.26. The Morgan fingerprint density at radius 3 is 2.52 bits per heavy atom. The largest absolute Gasteiger partial charge is 0.382 e. The van der Waals surface area contributed by atoms with Gasteiger partial charge in [0.1, 0.15) is 23.3 Å². The Kier molecular flexibility index (Phi) is 7.07. The van der Waals surface area contributed by atoms with E-state index in [0.717, 1.165) is 5.41 Å². The van der Waals surface area contributed by atoms with Crippen LogP contribution in [-0.2, 0) is 16.4 Å². The van der Waals surface area contributed by atoms with Crippen LogP contribution in [0.4, 0.5) is 10.2 Å². The number of nitrogen functional groups attached to an aromatic ring is 1. The van der Waals surface area contributed by atoms with Crippen LogP contribution in [0.1, 0.15) is 23.2 Å². The summed E-state index contributed by atoms with van der Waals surface area (Å²) < 4.78 is 41.2. The van der Waals surface area contributed by atoms with Gasteiger partial charge in [-0.1, -0.05) is 23.7 Å². The first-order chi connectivity index (χ1) is 14.8. The molecule has 160 valence electrons. The van der Waals surface area contributed by atoms with Crippen molar-refractivity contribution in [2.24, 2.45) is 0 Å². The maximum atomic E-state index is 13.1. The number of nitrogens with one attached hydrogen (secondary N) is 1. The summed E-state index contributed by atoms with van der Waals surface area (Å²) in [7, 11) is -3.62. The Bertz CT molecular complexity index is 1230. The van der Waals surface area contributed by atoms with Gasteiger partial charge in [-0.3, -0.25) is 0 Å². The SMILES string of the molecule is N#Cc1c(CCCNS(=O)(=O)/C=C/c2ccc(Cl)cc2)nn(-c2ccc(F)cc2)c1N. The number of anilines is 1. The molecule has 1 aromatic heterocycles. The first-order valence-corrected chi connectivity index (χ1v) is 11.2. The molecular weight excluding hydrogens is 441 g/mol. The van der Waals surface area contributed by atoms with Crippen molar-refractivity contribution in [3.63, 3.8) is 0 Å². The van der Waals surface area contributed by atoms with Gasteiger partial charge in [0.05, 0.1) is 11.4 Å². The predicted molar refractivity (Wildman–Crippen MR) is 118 cm³/mol. The summed E-state index contributed by atoms with van der Waals surface area (Å²) in [6, 6.07) is 14.3. The lowest BCUT2D eigenvalue weighted by molar-refractivity contribution is 0.587. The van der Waals surface area contributed by atoms with Crippen molar-refractivity contribution in [3.8, 4) is 11.8 Å². The van der Waals surface area contributed by atoms with Crippen molar-refractivity contribution in [1.82, 2.24) is 14.5 Å². The number of aromatic nitrogens is 2. The fraction of sp³-hybridized carbons (Fsp3) is 0.143. The summed E-state index contributed by atoms with van der Waals surface area (Å²) in [5.74, 6) is -0.247. The molecule has 7 nitrogen and oxygen atoms in total. The fourth-order valence-electron chi connectivity index (χ4n) is 2.81. The Morgan fingerprint density at radius 2 is 1.87 bits per heavy atom. The number of rotatable bonds is 8. The van der Waals surface area contributed by atoms with Gasteiger partial charge >= 0.3 is 0 Å². The van der Waals surface area contributed by atoms with Gasteiger partial charge in [-0.2, -0.15) is 10.4 Å². The van der Waals surface area contributed by atoms with Crippen LogP contribution in [-0.4, -0.2) is 24.7 Å². The predicted octanol–water partition coefficient (Wildman–Crippen LogP) is 3.64. The van der Waals surface area contributed by atoms with Gasteiger partial charge in [0, 0.05) is 17.0 Å². The smallest absolute Gasteiger partial charge is 0.233 e. The summed E-state index contributed by atoms with van der Waals surface area (Å²) in [6.07, 6.45) is 2.21. The second kappa shape index (κ2) is 9.75. The van der Waals surface area contributed by atoms with E-state index in [1.807, 2.05) is 6.07 Å². The number of nitriles is 1. The summed E-state index contributed by atoms with van der Waals surface area (Å²) in [5, 5.41) is 15.4. The van der Waals surface area contributed by atoms with Crippen LogP contribution < -0.4 is 10.5 Å². The third kappa shape index (κ3) is 5.92. The van der Waals surface area contributed by atoms with Crippen LogP contribution in [0.25, 0.3) is 11.8 Å². The van der Waals surface area contributed by atoms with Crippen LogP contribution >= 0.6 is 11.6 Å². The molecule has 2 aromatic carbocycles. The number of aryl methyl sites for hydroxylation is 1. The van der Waals surface area contributed by atoms with E-state index in [2.05, 4.69) is 9.82 Å². The number of hydrogen-bond acceptors (Lipinski definition) is 5. The summed E-state index contributed by atoms with van der Waals surface area (Å²) in [5.41, 5.74) is 7.91. The number of nitrogens with zero attached hydrogens (tertiary/aromatic N) is 3. The lowest BCUT2D eigenvalue weighted by atomic mass is 10.1. The molecule has 0 atom stereocenters. The van der Waals surface area contributed by atoms with E-state index < -0.39 is 15.8 Å². The Labute approximate surface area is 184 Å². The molecule has 10 heteroatoms.